The van der Waals surface area contributed by atoms with Crippen LogP contribution in [0.3, 0.4) is 0 Å². The number of hydrogen-bond acceptors (Lipinski definition) is 6. The molecule has 0 unspecified atom stereocenters. The van der Waals surface area contributed by atoms with Gasteiger partial charge in [0.1, 0.15) is 10.6 Å². The summed E-state index contributed by atoms with van der Waals surface area (Å²) >= 11 is 2.96. The number of rotatable bonds is 7. The molecule has 5 rings (SSSR count). The molecule has 2 aliphatic carbocycles. The van der Waals surface area contributed by atoms with E-state index in [2.05, 4.69) is 5.32 Å². The van der Waals surface area contributed by atoms with Crippen LogP contribution in [0.4, 0.5) is 0 Å². The Kier molecular flexibility index (Phi) is 5.75. The van der Waals surface area contributed by atoms with E-state index in [1.165, 1.54) is 22.2 Å². The first-order chi connectivity index (χ1) is 15.1. The van der Waals surface area contributed by atoms with Crippen molar-refractivity contribution in [2.45, 2.75) is 56.6 Å². The molecule has 1 amide bonds. The number of carbonyl (C=O) groups excluding carboxylic acids is 1. The Bertz CT molecular complexity index is 1180. The predicted molar refractivity (Wildman–Crippen MR) is 125 cm³/mol. The van der Waals surface area contributed by atoms with Gasteiger partial charge in [-0.2, -0.15) is 0 Å². The average molecular weight is 456 g/mol. The van der Waals surface area contributed by atoms with Crippen LogP contribution in [0.1, 0.15) is 43.0 Å². The van der Waals surface area contributed by atoms with Crippen LogP contribution in [-0.2, 0) is 17.6 Å². The Morgan fingerprint density at radius 1 is 1.26 bits per heavy atom. The number of nitrogens with zero attached hydrogens (tertiary/aromatic N) is 2. The van der Waals surface area contributed by atoms with E-state index in [1.807, 2.05) is 31.2 Å². The molecule has 1 N–H and O–H groups in total. The SMILES string of the molecule is CCOc1ccc(-n2c(SCC(=O)NC3CC3)nc3sc4c(c3c2=O)CCCC4)cc1. The van der Waals surface area contributed by atoms with Crippen LogP contribution in [0.15, 0.2) is 34.2 Å². The fourth-order valence-electron chi connectivity index (χ4n) is 4.00. The summed E-state index contributed by atoms with van der Waals surface area (Å²) in [6.07, 6.45) is 6.34. The second kappa shape index (κ2) is 8.67. The maximum Gasteiger partial charge on any atom is 0.267 e. The number of benzene rings is 1. The van der Waals surface area contributed by atoms with E-state index in [1.54, 1.807) is 15.9 Å². The van der Waals surface area contributed by atoms with Gasteiger partial charge in [-0.1, -0.05) is 11.8 Å². The number of thiophene rings is 1. The van der Waals surface area contributed by atoms with E-state index >= 15 is 0 Å². The number of aromatic nitrogens is 2. The van der Waals surface area contributed by atoms with Crippen molar-refractivity contribution >= 4 is 39.2 Å². The fourth-order valence-corrected chi connectivity index (χ4v) is 6.12. The summed E-state index contributed by atoms with van der Waals surface area (Å²) < 4.78 is 7.21. The van der Waals surface area contributed by atoms with Crippen LogP contribution in [0.5, 0.6) is 5.75 Å². The van der Waals surface area contributed by atoms with Crippen molar-refractivity contribution in [3.63, 3.8) is 0 Å². The van der Waals surface area contributed by atoms with Crippen LogP contribution < -0.4 is 15.6 Å². The van der Waals surface area contributed by atoms with Crippen molar-refractivity contribution in [2.75, 3.05) is 12.4 Å². The minimum Gasteiger partial charge on any atom is -0.494 e. The second-order valence-electron chi connectivity index (χ2n) is 7.98. The number of fused-ring (bicyclic) bond motifs is 3. The Hall–Kier alpha value is -2.32. The highest BCUT2D eigenvalue weighted by Gasteiger charge is 2.25. The summed E-state index contributed by atoms with van der Waals surface area (Å²) in [5.41, 5.74) is 1.87. The maximum absolute atomic E-state index is 13.7. The molecule has 0 aliphatic heterocycles. The first-order valence-electron chi connectivity index (χ1n) is 10.9. The molecular weight excluding hydrogens is 430 g/mol. The van der Waals surface area contributed by atoms with Crippen LogP contribution in [0.25, 0.3) is 15.9 Å². The molecule has 6 nitrogen and oxygen atoms in total. The lowest BCUT2D eigenvalue weighted by molar-refractivity contribution is -0.118. The molecule has 2 aromatic heterocycles. The zero-order valence-corrected chi connectivity index (χ0v) is 19.1. The smallest absolute Gasteiger partial charge is 0.267 e. The summed E-state index contributed by atoms with van der Waals surface area (Å²) in [5.74, 6) is 1.00. The quantitative estimate of drug-likeness (QED) is 0.429. The third-order valence-corrected chi connectivity index (χ3v) is 7.76. The predicted octanol–water partition coefficient (Wildman–Crippen LogP) is 4.10. The molecule has 0 spiro atoms. The maximum atomic E-state index is 13.7. The van der Waals surface area contributed by atoms with Gasteiger partial charge in [-0.3, -0.25) is 14.2 Å². The zero-order chi connectivity index (χ0) is 21.4. The molecule has 1 aromatic carbocycles. The van der Waals surface area contributed by atoms with Gasteiger partial charge in [-0.25, -0.2) is 4.98 Å². The molecule has 3 aromatic rings. The number of nitrogens with one attached hydrogen (secondary N) is 1. The molecule has 0 bridgehead atoms. The topological polar surface area (TPSA) is 73.2 Å². The average Bonchev–Trinajstić information content (AvgIpc) is 3.50. The van der Waals surface area contributed by atoms with E-state index in [9.17, 15) is 9.59 Å². The Balaban J connectivity index is 1.57. The number of thioether (sulfide) groups is 1. The highest BCUT2D eigenvalue weighted by Crippen LogP contribution is 2.35. The zero-order valence-electron chi connectivity index (χ0n) is 17.5. The second-order valence-corrected chi connectivity index (χ2v) is 10.0. The summed E-state index contributed by atoms with van der Waals surface area (Å²) in [6.45, 7) is 2.53. The van der Waals surface area contributed by atoms with E-state index in [0.717, 1.165) is 60.2 Å². The van der Waals surface area contributed by atoms with E-state index in [-0.39, 0.29) is 17.2 Å². The lowest BCUT2D eigenvalue weighted by atomic mass is 9.97. The van der Waals surface area contributed by atoms with Gasteiger partial charge in [-0.15, -0.1) is 11.3 Å². The summed E-state index contributed by atoms with van der Waals surface area (Å²) in [7, 11) is 0. The molecule has 31 heavy (non-hydrogen) atoms. The third-order valence-electron chi connectivity index (χ3n) is 5.64. The normalized spacial score (nSPS) is 15.6. The van der Waals surface area contributed by atoms with Gasteiger partial charge >= 0.3 is 0 Å². The molecule has 0 saturated heterocycles. The minimum absolute atomic E-state index is 0.00874. The Labute approximate surface area is 189 Å². The molecule has 162 valence electrons. The van der Waals surface area contributed by atoms with Gasteiger partial charge in [0, 0.05) is 10.9 Å². The standard InChI is InChI=1S/C23H25N3O3S2/c1-2-29-16-11-9-15(10-12-16)26-22(28)20-17-5-3-4-6-18(17)31-21(20)25-23(26)30-13-19(27)24-14-7-8-14/h9-12,14H,2-8,13H2,1H3,(H,24,27). The fraction of sp³-hybridized carbons (Fsp3) is 0.435. The van der Waals surface area contributed by atoms with Gasteiger partial charge in [0.25, 0.3) is 5.56 Å². The van der Waals surface area contributed by atoms with Gasteiger partial charge in [-0.05, 0) is 75.3 Å². The first kappa shape index (κ1) is 20.6. The van der Waals surface area contributed by atoms with Gasteiger partial charge in [0.2, 0.25) is 5.91 Å². The van der Waals surface area contributed by atoms with Crippen LogP contribution >= 0.6 is 23.1 Å². The summed E-state index contributed by atoms with van der Waals surface area (Å²) in [6, 6.07) is 7.82. The minimum atomic E-state index is -0.0429. The number of amides is 1. The number of carbonyl (C=O) groups is 1. The van der Waals surface area contributed by atoms with Crippen molar-refractivity contribution in [3.8, 4) is 11.4 Å². The van der Waals surface area contributed by atoms with Gasteiger partial charge < -0.3 is 10.1 Å². The molecule has 0 atom stereocenters. The lowest BCUT2D eigenvalue weighted by Crippen LogP contribution is -2.28. The van der Waals surface area contributed by atoms with E-state index < -0.39 is 0 Å². The molecule has 1 fully saturated rings. The molecule has 8 heteroatoms. The lowest BCUT2D eigenvalue weighted by Gasteiger charge is -2.14. The Morgan fingerprint density at radius 3 is 2.77 bits per heavy atom. The first-order valence-corrected chi connectivity index (χ1v) is 12.7. The molecule has 2 heterocycles. The largest absolute Gasteiger partial charge is 0.494 e. The van der Waals surface area contributed by atoms with Crippen molar-refractivity contribution in [1.29, 1.82) is 0 Å². The van der Waals surface area contributed by atoms with Gasteiger partial charge in [0.15, 0.2) is 5.16 Å². The van der Waals surface area contributed by atoms with Crippen molar-refractivity contribution in [2.24, 2.45) is 0 Å². The molecular formula is C23H25N3O3S2. The number of ether oxygens (including phenoxy) is 1. The Morgan fingerprint density at radius 2 is 2.03 bits per heavy atom. The van der Waals surface area contributed by atoms with Gasteiger partial charge in [0.05, 0.1) is 23.4 Å². The van der Waals surface area contributed by atoms with Crippen LogP contribution in [0, 0.1) is 0 Å². The monoisotopic (exact) mass is 455 g/mol. The van der Waals surface area contributed by atoms with Crippen LogP contribution in [-0.4, -0.2) is 33.9 Å². The van der Waals surface area contributed by atoms with E-state index in [4.69, 9.17) is 9.72 Å². The summed E-state index contributed by atoms with van der Waals surface area (Å²) in [5, 5.41) is 4.32. The molecule has 0 radical (unpaired) electrons. The highest BCUT2D eigenvalue weighted by atomic mass is 32.2. The van der Waals surface area contributed by atoms with Crippen molar-refractivity contribution in [3.05, 3.63) is 45.1 Å². The van der Waals surface area contributed by atoms with E-state index in [0.29, 0.717) is 17.8 Å². The third kappa shape index (κ3) is 4.23. The highest BCUT2D eigenvalue weighted by molar-refractivity contribution is 7.99. The van der Waals surface area contributed by atoms with Crippen LogP contribution in [0.2, 0.25) is 0 Å². The van der Waals surface area contributed by atoms with Crippen molar-refractivity contribution < 1.29 is 9.53 Å². The summed E-state index contributed by atoms with van der Waals surface area (Å²) in [4.78, 5) is 32.9. The molecule has 2 aliphatic rings. The number of aryl methyl sites for hydroxylation is 2. The molecule has 1 saturated carbocycles. The van der Waals surface area contributed by atoms with Crippen molar-refractivity contribution in [1.82, 2.24) is 14.9 Å². The number of hydrogen-bond donors (Lipinski definition) is 1.